The number of halogens is 1. The normalized spacial score (nSPS) is 21.1. The largest absolute Gasteiger partial charge is 0.293 e. The molecule has 6 heteroatoms. The zero-order valence-electron chi connectivity index (χ0n) is 16.3. The average Bonchev–Trinajstić information content (AvgIpc) is 2.70. The predicted octanol–water partition coefficient (Wildman–Crippen LogP) is 5.19. The van der Waals surface area contributed by atoms with Crippen LogP contribution in [0.1, 0.15) is 66.8 Å². The summed E-state index contributed by atoms with van der Waals surface area (Å²) < 4.78 is 0. The first kappa shape index (κ1) is 19.8. The van der Waals surface area contributed by atoms with E-state index in [1.807, 2.05) is 18.2 Å². The molecule has 2 aromatic rings. The van der Waals surface area contributed by atoms with Gasteiger partial charge in [0.25, 0.3) is 5.91 Å². The molecule has 1 aliphatic carbocycles. The maximum absolute atomic E-state index is 13.3. The van der Waals surface area contributed by atoms with Crippen LogP contribution in [-0.4, -0.2) is 29.1 Å². The molecule has 150 valence electrons. The van der Waals surface area contributed by atoms with Gasteiger partial charge in [0.2, 0.25) is 5.91 Å². The Hall–Kier alpha value is -2.53. The first-order valence-corrected chi connectivity index (χ1v) is 10.6. The van der Waals surface area contributed by atoms with E-state index in [4.69, 9.17) is 16.6 Å². The number of hydrogen-bond acceptors (Lipinski definition) is 4. The van der Waals surface area contributed by atoms with Crippen LogP contribution < -0.4 is 4.90 Å². The Bertz CT molecular complexity index is 918. The van der Waals surface area contributed by atoms with Crippen molar-refractivity contribution in [3.05, 3.63) is 58.7 Å². The summed E-state index contributed by atoms with van der Waals surface area (Å²) in [6, 6.07) is 10.7. The molecule has 0 radical (unpaired) electrons. The number of pyridine rings is 1. The molecule has 29 heavy (non-hydrogen) atoms. The van der Waals surface area contributed by atoms with Crippen LogP contribution in [0.25, 0.3) is 0 Å². The molecule has 2 aliphatic rings. The fraction of sp³-hybridized carbons (Fsp3) is 0.391. The molecule has 1 saturated carbocycles. The van der Waals surface area contributed by atoms with Gasteiger partial charge in [-0.15, -0.1) is 0 Å². The average molecular weight is 410 g/mol. The van der Waals surface area contributed by atoms with Crippen LogP contribution in [0.15, 0.2) is 47.6 Å². The van der Waals surface area contributed by atoms with Crippen LogP contribution >= 0.6 is 11.6 Å². The van der Waals surface area contributed by atoms with Crippen LogP contribution in [0.5, 0.6) is 0 Å². The van der Waals surface area contributed by atoms with E-state index in [-0.39, 0.29) is 23.7 Å². The number of carbonyl (C=O) groups excluding carboxylic acids is 2. The van der Waals surface area contributed by atoms with E-state index in [2.05, 4.69) is 4.98 Å². The van der Waals surface area contributed by atoms with Crippen LogP contribution in [-0.2, 0) is 4.79 Å². The van der Waals surface area contributed by atoms with Crippen molar-refractivity contribution in [1.82, 2.24) is 4.98 Å². The summed E-state index contributed by atoms with van der Waals surface area (Å²) in [7, 11) is 0. The summed E-state index contributed by atoms with van der Waals surface area (Å²) in [6.07, 6.45) is 11.5. The van der Waals surface area contributed by atoms with Crippen molar-refractivity contribution in [1.29, 1.82) is 0 Å². The second-order valence-electron chi connectivity index (χ2n) is 7.68. The molecule has 1 aliphatic heterocycles. The first-order valence-electron chi connectivity index (χ1n) is 10.3. The Labute approximate surface area is 175 Å². The molecule has 0 bridgehead atoms. The van der Waals surface area contributed by atoms with Crippen molar-refractivity contribution in [2.45, 2.75) is 56.9 Å². The van der Waals surface area contributed by atoms with Gasteiger partial charge in [-0.05, 0) is 36.6 Å². The molecule has 4 rings (SSSR count). The summed E-state index contributed by atoms with van der Waals surface area (Å²) in [5.41, 5.74) is 1.22. The van der Waals surface area contributed by atoms with Gasteiger partial charge in [-0.2, -0.15) is 0 Å². The highest BCUT2D eigenvalue weighted by Crippen LogP contribution is 2.32. The lowest BCUT2D eigenvalue weighted by Gasteiger charge is -2.30. The number of fused-ring (bicyclic) bond motifs is 1. The zero-order valence-corrected chi connectivity index (χ0v) is 17.0. The fourth-order valence-corrected chi connectivity index (χ4v) is 4.22. The number of imide groups is 1. The van der Waals surface area contributed by atoms with E-state index in [9.17, 15) is 9.59 Å². The number of aromatic nitrogens is 1. The van der Waals surface area contributed by atoms with Gasteiger partial charge >= 0.3 is 0 Å². The van der Waals surface area contributed by atoms with Gasteiger partial charge in [0.05, 0.1) is 10.9 Å². The second-order valence-corrected chi connectivity index (χ2v) is 8.11. The Morgan fingerprint density at radius 1 is 1.00 bits per heavy atom. The number of anilines is 1. The van der Waals surface area contributed by atoms with Gasteiger partial charge in [-0.1, -0.05) is 61.9 Å². The molecule has 0 saturated heterocycles. The van der Waals surface area contributed by atoms with Crippen LogP contribution in [0, 0.1) is 0 Å². The number of amides is 2. The van der Waals surface area contributed by atoms with Crippen molar-refractivity contribution in [2.24, 2.45) is 4.99 Å². The zero-order chi connectivity index (χ0) is 20.2. The molecule has 1 atom stereocenters. The van der Waals surface area contributed by atoms with Crippen molar-refractivity contribution in [3.63, 3.8) is 0 Å². The molecule has 1 fully saturated rings. The van der Waals surface area contributed by atoms with Gasteiger partial charge in [0.1, 0.15) is 5.82 Å². The molecule has 2 heterocycles. The van der Waals surface area contributed by atoms with Crippen molar-refractivity contribution in [3.8, 4) is 0 Å². The minimum absolute atomic E-state index is 0.245. The van der Waals surface area contributed by atoms with Crippen LogP contribution in [0.2, 0.25) is 5.02 Å². The lowest BCUT2D eigenvalue weighted by Crippen LogP contribution is -2.46. The van der Waals surface area contributed by atoms with Crippen molar-refractivity contribution >= 4 is 35.4 Å². The van der Waals surface area contributed by atoms with Gasteiger partial charge in [-0.3, -0.25) is 14.6 Å². The third-order valence-electron chi connectivity index (χ3n) is 5.68. The second kappa shape index (κ2) is 8.87. The molecule has 1 aromatic heterocycles. The lowest BCUT2D eigenvalue weighted by atomic mass is 9.89. The van der Waals surface area contributed by atoms with E-state index in [0.717, 1.165) is 17.7 Å². The number of carbonyl (C=O) groups is 2. The molecular weight excluding hydrogens is 386 g/mol. The third kappa shape index (κ3) is 4.25. The number of benzene rings is 1. The lowest BCUT2D eigenvalue weighted by molar-refractivity contribution is -0.118. The van der Waals surface area contributed by atoms with Gasteiger partial charge in [0.15, 0.2) is 0 Å². The highest BCUT2D eigenvalue weighted by atomic mass is 35.5. The smallest absolute Gasteiger partial charge is 0.266 e. The topological polar surface area (TPSA) is 62.6 Å². The molecule has 0 unspecified atom stereocenters. The quantitative estimate of drug-likeness (QED) is 0.517. The van der Waals surface area contributed by atoms with Crippen LogP contribution in [0.4, 0.5) is 5.82 Å². The van der Waals surface area contributed by atoms with Crippen molar-refractivity contribution in [2.75, 3.05) is 4.90 Å². The van der Waals surface area contributed by atoms with E-state index in [0.29, 0.717) is 16.1 Å². The maximum Gasteiger partial charge on any atom is 0.266 e. The number of aliphatic imine (C=N–C) groups is 1. The van der Waals surface area contributed by atoms with Gasteiger partial charge in [0, 0.05) is 24.0 Å². The molecule has 1 aromatic carbocycles. The number of nitrogens with zero attached hydrogens (tertiary/aromatic N) is 3. The molecule has 5 nitrogen and oxygen atoms in total. The Morgan fingerprint density at radius 2 is 1.72 bits per heavy atom. The van der Waals surface area contributed by atoms with E-state index in [1.165, 1.54) is 38.3 Å². The number of rotatable bonds is 3. The molecule has 0 N–H and O–H groups in total. The Morgan fingerprint density at radius 3 is 2.45 bits per heavy atom. The Kier molecular flexibility index (Phi) is 6.05. The van der Waals surface area contributed by atoms with Crippen molar-refractivity contribution < 1.29 is 9.59 Å². The summed E-state index contributed by atoms with van der Waals surface area (Å²) in [5, 5.41) is 0.452. The highest BCUT2D eigenvalue weighted by Gasteiger charge is 2.39. The molecule has 2 amide bonds. The highest BCUT2D eigenvalue weighted by molar-refractivity contribution is 6.31. The number of hydrogen-bond donors (Lipinski definition) is 0. The summed E-state index contributed by atoms with van der Waals surface area (Å²) in [4.78, 5) is 36.5. The fourth-order valence-electron chi connectivity index (χ4n) is 4.11. The van der Waals surface area contributed by atoms with E-state index >= 15 is 0 Å². The predicted molar refractivity (Wildman–Crippen MR) is 115 cm³/mol. The summed E-state index contributed by atoms with van der Waals surface area (Å²) in [6.45, 7) is 0. The Balaban J connectivity index is 1.67. The van der Waals surface area contributed by atoms with E-state index in [1.54, 1.807) is 24.4 Å². The minimum atomic E-state index is -0.591. The minimum Gasteiger partial charge on any atom is -0.293 e. The maximum atomic E-state index is 13.3. The monoisotopic (exact) mass is 409 g/mol. The molecular formula is C23H24ClN3O2. The van der Waals surface area contributed by atoms with Crippen LogP contribution in [0.3, 0.4) is 0 Å². The summed E-state index contributed by atoms with van der Waals surface area (Å²) >= 11 is 5.92. The van der Waals surface area contributed by atoms with E-state index < -0.39 is 5.92 Å². The SMILES string of the molecule is O=C1c2ccccc2[C@@H](C=NC2CCCCCCC2)C(=O)N1c1ccc(Cl)cn1. The third-order valence-corrected chi connectivity index (χ3v) is 5.90. The summed E-state index contributed by atoms with van der Waals surface area (Å²) in [5.74, 6) is -0.996. The van der Waals surface area contributed by atoms with Gasteiger partial charge in [-0.25, -0.2) is 9.88 Å². The molecule has 0 spiro atoms. The first-order chi connectivity index (χ1) is 14.1. The standard InChI is InChI=1S/C23H24ClN3O2/c24-16-12-13-21(26-14-16)27-22(28)19-11-7-6-10-18(19)20(23(27)29)15-25-17-8-4-2-1-3-5-9-17/h6-7,10-15,17,20H,1-5,8-9H2/t20-/m1/s1. The van der Waals surface area contributed by atoms with Gasteiger partial charge < -0.3 is 0 Å².